The summed E-state index contributed by atoms with van der Waals surface area (Å²) in [5.41, 5.74) is 4.71. The average Bonchev–Trinajstić information content (AvgIpc) is 3.23. The highest BCUT2D eigenvalue weighted by Gasteiger charge is 2.24. The number of carbonyl (C=O) groups is 1. The highest BCUT2D eigenvalue weighted by Crippen LogP contribution is 2.33. The smallest absolute Gasteiger partial charge is 0.410 e. The fraction of sp³-hybridized carbons (Fsp3) is 0.545. The molecule has 0 bridgehead atoms. The highest BCUT2D eigenvalue weighted by molar-refractivity contribution is 7.07. The summed E-state index contributed by atoms with van der Waals surface area (Å²) in [4.78, 5) is 18.1. The van der Waals surface area contributed by atoms with Crippen molar-refractivity contribution in [3.63, 3.8) is 0 Å². The van der Waals surface area contributed by atoms with Crippen molar-refractivity contribution in [2.75, 3.05) is 19.7 Å². The van der Waals surface area contributed by atoms with E-state index in [0.717, 1.165) is 59.9 Å². The molecule has 1 aromatic carbocycles. The van der Waals surface area contributed by atoms with E-state index in [0.29, 0.717) is 18.4 Å². The molecule has 3 rings (SSSR count). The molecular formula is C22H29ClN2O3S. The fourth-order valence-corrected chi connectivity index (χ4v) is 4.48. The van der Waals surface area contributed by atoms with E-state index in [2.05, 4.69) is 24.9 Å². The Bertz CT molecular complexity index is 803. The van der Waals surface area contributed by atoms with Crippen molar-refractivity contribution < 1.29 is 14.3 Å². The summed E-state index contributed by atoms with van der Waals surface area (Å²) < 4.78 is 11.4. The molecule has 1 saturated heterocycles. The van der Waals surface area contributed by atoms with Gasteiger partial charge in [0, 0.05) is 24.0 Å². The van der Waals surface area contributed by atoms with Crippen molar-refractivity contribution in [1.29, 1.82) is 0 Å². The molecule has 1 aliphatic rings. The SMILES string of the molecule is Cc1c(OCCC2CCN(C(=O)OCc3cscn3)CC2)ccc(C(C)C)c1Cl. The number of hydrogen-bond donors (Lipinski definition) is 0. The van der Waals surface area contributed by atoms with Crippen LogP contribution in [-0.4, -0.2) is 35.7 Å². The third kappa shape index (κ3) is 5.86. The van der Waals surface area contributed by atoms with Crippen molar-refractivity contribution in [2.45, 2.75) is 52.6 Å². The van der Waals surface area contributed by atoms with Crippen LogP contribution >= 0.6 is 22.9 Å². The van der Waals surface area contributed by atoms with Gasteiger partial charge in [0.05, 0.1) is 22.8 Å². The number of hydrogen-bond acceptors (Lipinski definition) is 5. The molecule has 1 fully saturated rings. The molecule has 158 valence electrons. The lowest BCUT2D eigenvalue weighted by Crippen LogP contribution is -2.39. The second kappa shape index (κ2) is 10.3. The van der Waals surface area contributed by atoms with Gasteiger partial charge in [0.2, 0.25) is 0 Å². The monoisotopic (exact) mass is 436 g/mol. The number of halogens is 1. The summed E-state index contributed by atoms with van der Waals surface area (Å²) in [6.45, 7) is 8.66. The molecule has 0 N–H and O–H groups in total. The van der Waals surface area contributed by atoms with Gasteiger partial charge in [-0.1, -0.05) is 31.5 Å². The van der Waals surface area contributed by atoms with Crippen LogP contribution in [0.3, 0.4) is 0 Å². The van der Waals surface area contributed by atoms with Crippen LogP contribution in [0.4, 0.5) is 4.79 Å². The summed E-state index contributed by atoms with van der Waals surface area (Å²) in [7, 11) is 0. The van der Waals surface area contributed by atoms with Crippen LogP contribution in [0.25, 0.3) is 0 Å². The number of piperidine rings is 1. The maximum Gasteiger partial charge on any atom is 0.410 e. The molecule has 0 spiro atoms. The number of carbonyl (C=O) groups excluding carboxylic acids is 1. The predicted molar refractivity (Wildman–Crippen MR) is 117 cm³/mol. The first-order chi connectivity index (χ1) is 14.0. The van der Waals surface area contributed by atoms with Crippen molar-refractivity contribution in [3.05, 3.63) is 44.9 Å². The molecular weight excluding hydrogens is 408 g/mol. The summed E-state index contributed by atoms with van der Waals surface area (Å²) in [5.74, 6) is 1.82. The molecule has 2 aromatic rings. The van der Waals surface area contributed by atoms with E-state index < -0.39 is 0 Å². The van der Waals surface area contributed by atoms with Crippen LogP contribution in [-0.2, 0) is 11.3 Å². The molecule has 1 aromatic heterocycles. The second-order valence-electron chi connectivity index (χ2n) is 7.85. The predicted octanol–water partition coefficient (Wildman–Crippen LogP) is 6.05. The van der Waals surface area contributed by atoms with Gasteiger partial charge in [0.25, 0.3) is 0 Å². The first-order valence-electron chi connectivity index (χ1n) is 10.2. The fourth-order valence-electron chi connectivity index (χ4n) is 3.57. The summed E-state index contributed by atoms with van der Waals surface area (Å²) >= 11 is 7.99. The van der Waals surface area contributed by atoms with E-state index in [4.69, 9.17) is 21.1 Å². The number of likely N-dealkylation sites (tertiary alicyclic amines) is 1. The Kier molecular flexibility index (Phi) is 7.78. The first kappa shape index (κ1) is 21.9. The van der Waals surface area contributed by atoms with Crippen molar-refractivity contribution >= 4 is 29.0 Å². The topological polar surface area (TPSA) is 51.7 Å². The van der Waals surface area contributed by atoms with Gasteiger partial charge in [-0.3, -0.25) is 0 Å². The Labute approximate surface area is 182 Å². The largest absolute Gasteiger partial charge is 0.493 e. The van der Waals surface area contributed by atoms with Crippen LogP contribution < -0.4 is 4.74 Å². The third-order valence-electron chi connectivity index (χ3n) is 5.47. The normalized spacial score (nSPS) is 15.0. The Morgan fingerprint density at radius 2 is 2.10 bits per heavy atom. The molecule has 7 heteroatoms. The Morgan fingerprint density at radius 1 is 1.34 bits per heavy atom. The molecule has 29 heavy (non-hydrogen) atoms. The quantitative estimate of drug-likeness (QED) is 0.530. The number of nitrogens with zero attached hydrogens (tertiary/aromatic N) is 2. The van der Waals surface area contributed by atoms with E-state index in [-0.39, 0.29) is 12.7 Å². The van der Waals surface area contributed by atoms with Gasteiger partial charge in [-0.25, -0.2) is 9.78 Å². The maximum atomic E-state index is 12.2. The minimum Gasteiger partial charge on any atom is -0.493 e. The van der Waals surface area contributed by atoms with Gasteiger partial charge in [0.1, 0.15) is 12.4 Å². The number of thiazole rings is 1. The standard InChI is InChI=1S/C22H29ClN2O3S/c1-15(2)19-4-5-20(16(3)21(19)23)27-11-8-17-6-9-25(10-7-17)22(26)28-12-18-13-29-14-24-18/h4-5,13-15,17H,6-12H2,1-3H3. The summed E-state index contributed by atoms with van der Waals surface area (Å²) in [6, 6.07) is 4.09. The third-order valence-corrected chi connectivity index (χ3v) is 6.61. The van der Waals surface area contributed by atoms with Crippen molar-refractivity contribution in [3.8, 4) is 5.75 Å². The number of aromatic nitrogens is 1. The summed E-state index contributed by atoms with van der Waals surface area (Å²) in [5, 5.41) is 2.70. The molecule has 0 atom stereocenters. The van der Waals surface area contributed by atoms with Crippen LogP contribution in [0.1, 0.15) is 55.8 Å². The van der Waals surface area contributed by atoms with Gasteiger partial charge >= 0.3 is 6.09 Å². The molecule has 1 aliphatic heterocycles. The minimum absolute atomic E-state index is 0.244. The Balaban J connectivity index is 1.39. The molecule has 1 amide bonds. The molecule has 5 nitrogen and oxygen atoms in total. The van der Waals surface area contributed by atoms with Gasteiger partial charge < -0.3 is 14.4 Å². The Hall–Kier alpha value is -1.79. The lowest BCUT2D eigenvalue weighted by molar-refractivity contribution is 0.0792. The molecule has 2 heterocycles. The van der Waals surface area contributed by atoms with E-state index in [1.165, 1.54) is 11.3 Å². The van der Waals surface area contributed by atoms with Crippen LogP contribution in [0.2, 0.25) is 5.02 Å². The first-order valence-corrected chi connectivity index (χ1v) is 11.5. The van der Waals surface area contributed by atoms with Crippen LogP contribution in [0.5, 0.6) is 5.75 Å². The van der Waals surface area contributed by atoms with Gasteiger partial charge in [-0.15, -0.1) is 11.3 Å². The van der Waals surface area contributed by atoms with E-state index in [1.807, 2.05) is 18.4 Å². The van der Waals surface area contributed by atoms with Gasteiger partial charge in [-0.05, 0) is 49.7 Å². The molecule has 0 saturated carbocycles. The van der Waals surface area contributed by atoms with Gasteiger partial charge in [-0.2, -0.15) is 0 Å². The average molecular weight is 437 g/mol. The maximum absolute atomic E-state index is 12.2. The van der Waals surface area contributed by atoms with Crippen molar-refractivity contribution in [1.82, 2.24) is 9.88 Å². The van der Waals surface area contributed by atoms with E-state index in [9.17, 15) is 4.79 Å². The van der Waals surface area contributed by atoms with E-state index >= 15 is 0 Å². The zero-order valence-corrected chi connectivity index (χ0v) is 18.9. The molecule has 0 aliphatic carbocycles. The zero-order valence-electron chi connectivity index (χ0n) is 17.3. The molecule has 0 unspecified atom stereocenters. The van der Waals surface area contributed by atoms with Gasteiger partial charge in [0.15, 0.2) is 0 Å². The Morgan fingerprint density at radius 3 is 2.76 bits per heavy atom. The lowest BCUT2D eigenvalue weighted by Gasteiger charge is -2.31. The summed E-state index contributed by atoms with van der Waals surface area (Å²) in [6.07, 6.45) is 2.68. The van der Waals surface area contributed by atoms with Crippen molar-refractivity contribution in [2.24, 2.45) is 5.92 Å². The minimum atomic E-state index is -0.247. The lowest BCUT2D eigenvalue weighted by atomic mass is 9.94. The number of benzene rings is 1. The van der Waals surface area contributed by atoms with E-state index in [1.54, 1.807) is 10.4 Å². The number of ether oxygens (including phenoxy) is 2. The number of amides is 1. The van der Waals surface area contributed by atoms with Crippen LogP contribution in [0, 0.1) is 12.8 Å². The molecule has 0 radical (unpaired) electrons. The number of rotatable bonds is 7. The second-order valence-corrected chi connectivity index (χ2v) is 8.95. The van der Waals surface area contributed by atoms with Crippen LogP contribution in [0.15, 0.2) is 23.0 Å². The highest BCUT2D eigenvalue weighted by atomic mass is 35.5. The zero-order chi connectivity index (χ0) is 20.8.